The van der Waals surface area contributed by atoms with E-state index in [2.05, 4.69) is 0 Å². The first-order chi connectivity index (χ1) is 9.38. The van der Waals surface area contributed by atoms with E-state index in [1.807, 2.05) is 26.0 Å². The Morgan fingerprint density at radius 2 is 1.80 bits per heavy atom. The van der Waals surface area contributed by atoms with Gasteiger partial charge in [0, 0.05) is 5.02 Å². The maximum absolute atomic E-state index is 13.2. The summed E-state index contributed by atoms with van der Waals surface area (Å²) in [5.74, 6) is 0.608. The van der Waals surface area contributed by atoms with Crippen LogP contribution in [-0.2, 0) is 0 Å². The second-order valence-corrected chi connectivity index (χ2v) is 5.30. The first kappa shape index (κ1) is 14.8. The van der Waals surface area contributed by atoms with E-state index in [4.69, 9.17) is 34.3 Å². The van der Waals surface area contributed by atoms with E-state index in [1.54, 1.807) is 0 Å². The lowest BCUT2D eigenvalue weighted by molar-refractivity contribution is 0.479. The van der Waals surface area contributed by atoms with E-state index in [0.29, 0.717) is 22.1 Å². The fraction of sp³-hybridized carbons (Fsp3) is 0.133. The highest BCUT2D eigenvalue weighted by molar-refractivity contribution is 7.80. The molecule has 2 N–H and O–H groups in total. The van der Waals surface area contributed by atoms with E-state index in [0.717, 1.165) is 11.1 Å². The van der Waals surface area contributed by atoms with Gasteiger partial charge >= 0.3 is 0 Å². The van der Waals surface area contributed by atoms with Gasteiger partial charge in [0.2, 0.25) is 0 Å². The van der Waals surface area contributed by atoms with Gasteiger partial charge in [-0.05, 0) is 55.3 Å². The normalized spacial score (nSPS) is 10.4. The SMILES string of the molecule is Cc1cc(Oc2ccc(F)cc2C(N)=S)cc(C)c1Cl. The average Bonchev–Trinajstić information content (AvgIpc) is 2.37. The third kappa shape index (κ3) is 3.08. The summed E-state index contributed by atoms with van der Waals surface area (Å²) in [4.78, 5) is 0.0851. The van der Waals surface area contributed by atoms with Crippen molar-refractivity contribution in [3.05, 3.63) is 57.9 Å². The van der Waals surface area contributed by atoms with Crippen molar-refractivity contribution in [2.75, 3.05) is 0 Å². The molecule has 0 atom stereocenters. The van der Waals surface area contributed by atoms with Crippen LogP contribution in [0.3, 0.4) is 0 Å². The molecule has 0 saturated carbocycles. The minimum atomic E-state index is -0.413. The average molecular weight is 310 g/mol. The monoisotopic (exact) mass is 309 g/mol. The molecule has 0 fully saturated rings. The lowest BCUT2D eigenvalue weighted by Crippen LogP contribution is -2.11. The molecule has 2 aromatic carbocycles. The Balaban J connectivity index is 2.42. The van der Waals surface area contributed by atoms with E-state index in [-0.39, 0.29) is 4.99 Å². The van der Waals surface area contributed by atoms with Gasteiger partial charge in [-0.3, -0.25) is 0 Å². The molecule has 0 spiro atoms. The summed E-state index contributed by atoms with van der Waals surface area (Å²) in [5, 5.41) is 0.700. The molecule has 0 radical (unpaired) electrons. The molecule has 0 amide bonds. The van der Waals surface area contributed by atoms with Crippen LogP contribution in [0.5, 0.6) is 11.5 Å². The molecule has 104 valence electrons. The van der Waals surface area contributed by atoms with Crippen molar-refractivity contribution < 1.29 is 9.13 Å². The second-order valence-electron chi connectivity index (χ2n) is 4.48. The van der Waals surface area contributed by atoms with Crippen molar-refractivity contribution in [3.63, 3.8) is 0 Å². The predicted octanol–water partition coefficient (Wildman–Crippen LogP) is 4.52. The zero-order valence-corrected chi connectivity index (χ0v) is 12.6. The van der Waals surface area contributed by atoms with Crippen molar-refractivity contribution in [3.8, 4) is 11.5 Å². The summed E-state index contributed by atoms with van der Waals surface area (Å²) in [6, 6.07) is 7.67. The summed E-state index contributed by atoms with van der Waals surface area (Å²) in [5.41, 5.74) is 7.76. The van der Waals surface area contributed by atoms with Gasteiger partial charge < -0.3 is 10.5 Å². The predicted molar refractivity (Wildman–Crippen MR) is 83.3 cm³/mol. The summed E-state index contributed by atoms with van der Waals surface area (Å²) < 4.78 is 19.0. The van der Waals surface area contributed by atoms with Crippen LogP contribution in [0.15, 0.2) is 30.3 Å². The number of ether oxygens (including phenoxy) is 1. The van der Waals surface area contributed by atoms with Crippen LogP contribution in [0.4, 0.5) is 4.39 Å². The zero-order valence-electron chi connectivity index (χ0n) is 11.0. The van der Waals surface area contributed by atoms with Crippen LogP contribution < -0.4 is 10.5 Å². The smallest absolute Gasteiger partial charge is 0.137 e. The minimum Gasteiger partial charge on any atom is -0.457 e. The second kappa shape index (κ2) is 5.77. The lowest BCUT2D eigenvalue weighted by Gasteiger charge is -2.12. The molecule has 0 bridgehead atoms. The van der Waals surface area contributed by atoms with Gasteiger partial charge in [0.25, 0.3) is 0 Å². The Kier molecular flexibility index (Phi) is 4.26. The first-order valence-corrected chi connectivity index (χ1v) is 6.71. The Labute approximate surface area is 127 Å². The largest absolute Gasteiger partial charge is 0.457 e. The van der Waals surface area contributed by atoms with Crippen molar-refractivity contribution in [2.24, 2.45) is 5.73 Å². The Bertz CT molecular complexity index is 665. The van der Waals surface area contributed by atoms with Gasteiger partial charge in [-0.1, -0.05) is 23.8 Å². The number of thiocarbonyl (C=S) groups is 1. The van der Waals surface area contributed by atoms with Gasteiger partial charge in [0.1, 0.15) is 22.3 Å². The molecule has 2 rings (SSSR count). The molecule has 0 saturated heterocycles. The van der Waals surface area contributed by atoms with Crippen LogP contribution in [-0.4, -0.2) is 4.99 Å². The molecule has 2 aromatic rings. The van der Waals surface area contributed by atoms with E-state index in [1.165, 1.54) is 18.2 Å². The third-order valence-electron chi connectivity index (χ3n) is 2.84. The van der Waals surface area contributed by atoms with Gasteiger partial charge in [-0.2, -0.15) is 0 Å². The van der Waals surface area contributed by atoms with Gasteiger partial charge in [-0.15, -0.1) is 0 Å². The highest BCUT2D eigenvalue weighted by Gasteiger charge is 2.11. The van der Waals surface area contributed by atoms with Crippen molar-refractivity contribution in [1.29, 1.82) is 0 Å². The molecule has 0 aromatic heterocycles. The van der Waals surface area contributed by atoms with E-state index >= 15 is 0 Å². The number of halogens is 2. The number of nitrogens with two attached hydrogens (primary N) is 1. The fourth-order valence-electron chi connectivity index (χ4n) is 1.88. The Morgan fingerprint density at radius 3 is 2.35 bits per heavy atom. The molecular formula is C15H13ClFNOS. The van der Waals surface area contributed by atoms with Crippen LogP contribution >= 0.6 is 23.8 Å². The number of rotatable bonds is 3. The minimum absolute atomic E-state index is 0.0851. The van der Waals surface area contributed by atoms with E-state index < -0.39 is 5.82 Å². The molecule has 0 aliphatic rings. The maximum atomic E-state index is 13.2. The van der Waals surface area contributed by atoms with Crippen molar-refractivity contribution in [1.82, 2.24) is 0 Å². The van der Waals surface area contributed by atoms with Crippen LogP contribution in [0.2, 0.25) is 5.02 Å². The molecule has 0 unspecified atom stereocenters. The van der Waals surface area contributed by atoms with Gasteiger partial charge in [0.15, 0.2) is 0 Å². The van der Waals surface area contributed by atoms with E-state index in [9.17, 15) is 4.39 Å². The molecule has 0 heterocycles. The summed E-state index contributed by atoms with van der Waals surface area (Å²) in [6.45, 7) is 3.78. The summed E-state index contributed by atoms with van der Waals surface area (Å²) in [6.07, 6.45) is 0. The summed E-state index contributed by atoms with van der Waals surface area (Å²) in [7, 11) is 0. The number of hydrogen-bond donors (Lipinski definition) is 1. The molecule has 5 heteroatoms. The molecule has 20 heavy (non-hydrogen) atoms. The molecular weight excluding hydrogens is 297 g/mol. The number of benzene rings is 2. The quantitative estimate of drug-likeness (QED) is 0.846. The lowest BCUT2D eigenvalue weighted by atomic mass is 10.1. The molecule has 0 aliphatic carbocycles. The Hall–Kier alpha value is -1.65. The van der Waals surface area contributed by atoms with Crippen molar-refractivity contribution >= 4 is 28.8 Å². The maximum Gasteiger partial charge on any atom is 0.137 e. The third-order valence-corrected chi connectivity index (χ3v) is 3.66. The highest BCUT2D eigenvalue weighted by Crippen LogP contribution is 2.31. The van der Waals surface area contributed by atoms with Crippen LogP contribution in [0.1, 0.15) is 16.7 Å². The first-order valence-electron chi connectivity index (χ1n) is 5.92. The molecule has 0 aliphatic heterocycles. The number of aryl methyl sites for hydroxylation is 2. The van der Waals surface area contributed by atoms with Crippen LogP contribution in [0.25, 0.3) is 0 Å². The molecule has 2 nitrogen and oxygen atoms in total. The van der Waals surface area contributed by atoms with Gasteiger partial charge in [-0.25, -0.2) is 4.39 Å². The topological polar surface area (TPSA) is 35.2 Å². The van der Waals surface area contributed by atoms with Crippen LogP contribution in [0, 0.1) is 19.7 Å². The highest BCUT2D eigenvalue weighted by atomic mass is 35.5. The van der Waals surface area contributed by atoms with Gasteiger partial charge in [0.05, 0.1) is 5.56 Å². The Morgan fingerprint density at radius 1 is 1.20 bits per heavy atom. The standard InChI is InChI=1S/C15H13ClFNOS/c1-8-5-11(6-9(2)14(8)16)19-13-4-3-10(17)7-12(13)15(18)20/h3-7H,1-2H3,(H2,18,20). The zero-order chi connectivity index (χ0) is 14.9. The fourth-order valence-corrected chi connectivity index (χ4v) is 2.14. The van der Waals surface area contributed by atoms with Crippen molar-refractivity contribution in [2.45, 2.75) is 13.8 Å². The number of hydrogen-bond acceptors (Lipinski definition) is 2. The summed E-state index contributed by atoms with van der Waals surface area (Å²) >= 11 is 11.0.